The van der Waals surface area contributed by atoms with Crippen LogP contribution in [0.4, 0.5) is 0 Å². The molecule has 0 fully saturated rings. The van der Waals surface area contributed by atoms with E-state index in [9.17, 15) is 0 Å². The molecule has 0 radical (unpaired) electrons. The van der Waals surface area contributed by atoms with Gasteiger partial charge in [-0.3, -0.25) is 9.89 Å². The average molecular weight is 559 g/mol. The molecular weight excluding hydrogens is 523 g/mol. The van der Waals surface area contributed by atoms with Crippen molar-refractivity contribution >= 4 is 41.3 Å². The zero-order valence-corrected chi connectivity index (χ0v) is 22.2. The lowest BCUT2D eigenvalue weighted by atomic mass is 10.1. The van der Waals surface area contributed by atoms with E-state index in [1.165, 1.54) is 17.5 Å². The highest BCUT2D eigenvalue weighted by atomic mass is 127. The Morgan fingerprint density at radius 2 is 2.03 bits per heavy atom. The standard InChI is InChI=1S/C23H34N4O2S.HI/c1-5-24-23(25-11-14-27-13-9-22-19(17-27)10-15-30-22)26(2)12-8-18-6-7-20(28-3)21(16-18)29-4;/h6-7,10,15-16H,5,8-9,11-14,17H2,1-4H3,(H,24,25);1H. The molecule has 0 saturated carbocycles. The maximum atomic E-state index is 5.42. The van der Waals surface area contributed by atoms with Crippen molar-refractivity contribution in [1.82, 2.24) is 15.1 Å². The second kappa shape index (κ2) is 13.1. The van der Waals surface area contributed by atoms with E-state index in [1.54, 1.807) is 19.1 Å². The van der Waals surface area contributed by atoms with Crippen molar-refractivity contribution in [2.45, 2.75) is 26.3 Å². The molecule has 0 spiro atoms. The lowest BCUT2D eigenvalue weighted by Crippen LogP contribution is -2.40. The van der Waals surface area contributed by atoms with Crippen molar-refractivity contribution in [3.63, 3.8) is 0 Å². The molecule has 3 rings (SSSR count). The molecule has 2 heterocycles. The summed E-state index contributed by atoms with van der Waals surface area (Å²) < 4.78 is 10.7. The quantitative estimate of drug-likeness (QED) is 0.288. The number of guanidine groups is 1. The largest absolute Gasteiger partial charge is 0.493 e. The summed E-state index contributed by atoms with van der Waals surface area (Å²) in [5.41, 5.74) is 2.71. The molecule has 1 aliphatic heterocycles. The average Bonchev–Trinajstić information content (AvgIpc) is 3.24. The highest BCUT2D eigenvalue weighted by Crippen LogP contribution is 2.27. The van der Waals surface area contributed by atoms with Crippen LogP contribution < -0.4 is 14.8 Å². The number of hydrogen-bond acceptors (Lipinski definition) is 5. The molecule has 1 aromatic carbocycles. The summed E-state index contributed by atoms with van der Waals surface area (Å²) in [6.45, 7) is 7.84. The fourth-order valence-corrected chi connectivity index (χ4v) is 4.59. The van der Waals surface area contributed by atoms with Gasteiger partial charge in [-0.05, 0) is 54.5 Å². The predicted molar refractivity (Wildman–Crippen MR) is 141 cm³/mol. The number of nitrogens with one attached hydrogen (secondary N) is 1. The van der Waals surface area contributed by atoms with Crippen LogP contribution in [0.5, 0.6) is 11.5 Å². The van der Waals surface area contributed by atoms with Gasteiger partial charge in [-0.25, -0.2) is 0 Å². The van der Waals surface area contributed by atoms with E-state index in [0.717, 1.165) is 63.1 Å². The molecule has 1 aromatic heterocycles. The number of methoxy groups -OCH3 is 2. The second-order valence-corrected chi connectivity index (χ2v) is 8.49. The van der Waals surface area contributed by atoms with E-state index in [2.05, 4.69) is 46.6 Å². The molecule has 8 heteroatoms. The van der Waals surface area contributed by atoms with Crippen molar-refractivity contribution in [1.29, 1.82) is 0 Å². The second-order valence-electron chi connectivity index (χ2n) is 7.49. The van der Waals surface area contributed by atoms with E-state index in [4.69, 9.17) is 14.5 Å². The molecule has 0 unspecified atom stereocenters. The Balaban J connectivity index is 0.00000341. The van der Waals surface area contributed by atoms with Crippen LogP contribution in [0, 0.1) is 0 Å². The molecule has 0 bridgehead atoms. The van der Waals surface area contributed by atoms with Gasteiger partial charge in [-0.15, -0.1) is 35.3 Å². The van der Waals surface area contributed by atoms with Gasteiger partial charge < -0.3 is 19.7 Å². The third-order valence-corrected chi connectivity index (χ3v) is 6.47. The first-order valence-corrected chi connectivity index (χ1v) is 11.5. The number of hydrogen-bond donors (Lipinski definition) is 1. The topological polar surface area (TPSA) is 49.3 Å². The number of rotatable bonds is 9. The van der Waals surface area contributed by atoms with Crippen LogP contribution in [-0.2, 0) is 19.4 Å². The summed E-state index contributed by atoms with van der Waals surface area (Å²) >= 11 is 1.89. The van der Waals surface area contributed by atoms with Gasteiger partial charge in [-0.2, -0.15) is 0 Å². The number of benzene rings is 1. The highest BCUT2D eigenvalue weighted by molar-refractivity contribution is 14.0. The van der Waals surface area contributed by atoms with Gasteiger partial charge in [0.05, 0.1) is 20.8 Å². The van der Waals surface area contributed by atoms with Crippen molar-refractivity contribution in [2.75, 3.05) is 54.0 Å². The Bertz CT molecular complexity index is 843. The van der Waals surface area contributed by atoms with Crippen molar-refractivity contribution < 1.29 is 9.47 Å². The van der Waals surface area contributed by atoms with Crippen molar-refractivity contribution in [2.24, 2.45) is 4.99 Å². The monoisotopic (exact) mass is 558 g/mol. The molecule has 0 atom stereocenters. The molecule has 31 heavy (non-hydrogen) atoms. The van der Waals surface area contributed by atoms with Gasteiger partial charge in [0.15, 0.2) is 17.5 Å². The lowest BCUT2D eigenvalue weighted by Gasteiger charge is -2.27. The summed E-state index contributed by atoms with van der Waals surface area (Å²) in [4.78, 5) is 11.1. The molecule has 1 N–H and O–H groups in total. The SMILES string of the molecule is CCNC(=NCCN1CCc2sccc2C1)N(C)CCc1ccc(OC)c(OC)c1.I. The number of ether oxygens (including phenoxy) is 2. The normalized spacial score (nSPS) is 13.9. The van der Waals surface area contributed by atoms with Crippen LogP contribution in [-0.4, -0.2) is 69.8 Å². The van der Waals surface area contributed by atoms with Gasteiger partial charge >= 0.3 is 0 Å². The fourth-order valence-electron chi connectivity index (χ4n) is 3.70. The minimum absolute atomic E-state index is 0. The third kappa shape index (κ3) is 7.25. The third-order valence-electron chi connectivity index (χ3n) is 5.44. The number of halogens is 1. The van der Waals surface area contributed by atoms with E-state index in [-0.39, 0.29) is 24.0 Å². The van der Waals surface area contributed by atoms with Crippen molar-refractivity contribution in [3.8, 4) is 11.5 Å². The zero-order chi connectivity index (χ0) is 21.3. The minimum atomic E-state index is 0. The first-order valence-electron chi connectivity index (χ1n) is 10.6. The Kier molecular flexibility index (Phi) is 10.9. The van der Waals surface area contributed by atoms with E-state index < -0.39 is 0 Å². The molecule has 6 nitrogen and oxygen atoms in total. The van der Waals surface area contributed by atoms with Crippen molar-refractivity contribution in [3.05, 3.63) is 45.6 Å². The summed E-state index contributed by atoms with van der Waals surface area (Å²) in [6, 6.07) is 8.37. The van der Waals surface area contributed by atoms with Crippen LogP contribution in [0.25, 0.3) is 0 Å². The number of fused-ring (bicyclic) bond motifs is 1. The summed E-state index contributed by atoms with van der Waals surface area (Å²) in [5.74, 6) is 2.50. The molecule has 0 amide bonds. The minimum Gasteiger partial charge on any atom is -0.493 e. The van der Waals surface area contributed by atoms with Gasteiger partial charge in [0, 0.05) is 44.6 Å². The van der Waals surface area contributed by atoms with E-state index in [1.807, 2.05) is 23.5 Å². The zero-order valence-electron chi connectivity index (χ0n) is 19.0. The Labute approximate surface area is 207 Å². The van der Waals surface area contributed by atoms with Crippen LogP contribution >= 0.6 is 35.3 Å². The van der Waals surface area contributed by atoms with Gasteiger partial charge in [-0.1, -0.05) is 6.07 Å². The summed E-state index contributed by atoms with van der Waals surface area (Å²) in [7, 11) is 5.43. The number of nitrogens with zero attached hydrogens (tertiary/aromatic N) is 3. The first kappa shape index (κ1) is 25.7. The summed E-state index contributed by atoms with van der Waals surface area (Å²) in [5, 5.41) is 5.63. The van der Waals surface area contributed by atoms with Gasteiger partial charge in [0.1, 0.15) is 0 Å². The maximum absolute atomic E-state index is 5.42. The summed E-state index contributed by atoms with van der Waals surface area (Å²) in [6.07, 6.45) is 2.08. The number of aliphatic imine (C=N–C) groups is 1. The lowest BCUT2D eigenvalue weighted by molar-refractivity contribution is 0.263. The first-order chi connectivity index (χ1) is 14.6. The van der Waals surface area contributed by atoms with E-state index >= 15 is 0 Å². The fraction of sp³-hybridized carbons (Fsp3) is 0.522. The molecule has 1 aliphatic rings. The predicted octanol–water partition coefficient (Wildman–Crippen LogP) is 3.88. The van der Waals surface area contributed by atoms with E-state index in [0.29, 0.717) is 0 Å². The van der Waals surface area contributed by atoms with Crippen LogP contribution in [0.3, 0.4) is 0 Å². The Morgan fingerprint density at radius 3 is 2.77 bits per heavy atom. The molecule has 0 saturated heterocycles. The van der Waals surface area contributed by atoms with Crippen LogP contribution in [0.1, 0.15) is 22.9 Å². The smallest absolute Gasteiger partial charge is 0.193 e. The molecule has 0 aliphatic carbocycles. The number of thiophene rings is 1. The van der Waals surface area contributed by atoms with Crippen LogP contribution in [0.2, 0.25) is 0 Å². The maximum Gasteiger partial charge on any atom is 0.193 e. The highest BCUT2D eigenvalue weighted by Gasteiger charge is 2.16. The molecular formula is C23H35IN4O2S. The Morgan fingerprint density at radius 1 is 1.23 bits per heavy atom. The Hall–Kier alpha value is -1.52. The molecule has 172 valence electrons. The molecule has 2 aromatic rings. The number of likely N-dealkylation sites (N-methyl/N-ethyl adjacent to an activating group) is 1. The van der Waals surface area contributed by atoms with Gasteiger partial charge in [0.25, 0.3) is 0 Å². The van der Waals surface area contributed by atoms with Crippen LogP contribution in [0.15, 0.2) is 34.6 Å². The van der Waals surface area contributed by atoms with Gasteiger partial charge in [0.2, 0.25) is 0 Å².